The van der Waals surface area contributed by atoms with Crippen molar-refractivity contribution < 1.29 is 14.4 Å². The smallest absolute Gasteiger partial charge is 0.270 e. The van der Waals surface area contributed by atoms with Gasteiger partial charge in [-0.3, -0.25) is 19.4 Å². The number of benzene rings is 1. The summed E-state index contributed by atoms with van der Waals surface area (Å²) in [5, 5.41) is 0.959. The molecule has 1 heterocycles. The van der Waals surface area contributed by atoms with Crippen LogP contribution in [0.15, 0.2) is 60.8 Å². The van der Waals surface area contributed by atoms with Crippen molar-refractivity contribution in [3.05, 3.63) is 72.1 Å². The number of nitrogens with zero attached hydrogens (tertiary/aromatic N) is 2. The topological polar surface area (TPSA) is 59.5 Å². The minimum atomic E-state index is -0.428. The highest BCUT2D eigenvalue weighted by Crippen LogP contribution is 2.04. The molecule has 0 saturated heterocycles. The molecule has 2 rings (SSSR count). The first-order valence-electron chi connectivity index (χ1n) is 6.72. The van der Waals surface area contributed by atoms with E-state index in [1.54, 1.807) is 30.7 Å². The molecule has 0 saturated carbocycles. The minimum Gasteiger partial charge on any atom is -0.289 e. The highest BCUT2D eigenvalue weighted by atomic mass is 16.7. The number of pyridine rings is 1. The molecule has 1 aromatic carbocycles. The van der Waals surface area contributed by atoms with E-state index >= 15 is 0 Å². The summed E-state index contributed by atoms with van der Waals surface area (Å²) in [5.74, 6) is -0.428. The molecule has 5 nitrogen and oxygen atoms in total. The number of hydrogen-bond donors (Lipinski definition) is 0. The molecule has 1 amide bonds. The summed E-state index contributed by atoms with van der Waals surface area (Å²) < 4.78 is 0. The lowest BCUT2D eigenvalue weighted by atomic mass is 10.2. The molecule has 0 spiro atoms. The maximum Gasteiger partial charge on any atom is 0.270 e. The lowest BCUT2D eigenvalue weighted by Gasteiger charge is -2.17. The van der Waals surface area contributed by atoms with Gasteiger partial charge in [0, 0.05) is 12.3 Å². The summed E-state index contributed by atoms with van der Waals surface area (Å²) in [6.07, 6.45) is 6.30. The SMILES string of the molecule is O=[C]CN(OCc1ccccn1)C(=O)/C=C/c1ccccc1. The summed E-state index contributed by atoms with van der Waals surface area (Å²) >= 11 is 0. The third-order valence-electron chi connectivity index (χ3n) is 2.77. The van der Waals surface area contributed by atoms with Crippen molar-refractivity contribution in [2.75, 3.05) is 6.54 Å². The van der Waals surface area contributed by atoms with Gasteiger partial charge >= 0.3 is 0 Å². The predicted octanol–water partition coefficient (Wildman–Crippen LogP) is 2.16. The van der Waals surface area contributed by atoms with Gasteiger partial charge in [-0.15, -0.1) is 0 Å². The Bertz CT molecular complexity index is 627. The first-order chi connectivity index (χ1) is 10.8. The molecule has 5 heteroatoms. The van der Waals surface area contributed by atoms with Crippen molar-refractivity contribution in [2.24, 2.45) is 0 Å². The van der Waals surface area contributed by atoms with E-state index in [1.807, 2.05) is 36.4 Å². The van der Waals surface area contributed by atoms with E-state index in [-0.39, 0.29) is 13.2 Å². The summed E-state index contributed by atoms with van der Waals surface area (Å²) in [6.45, 7) is -0.155. The summed E-state index contributed by atoms with van der Waals surface area (Å²) in [6, 6.07) is 14.8. The Morgan fingerprint density at radius 2 is 1.95 bits per heavy atom. The highest BCUT2D eigenvalue weighted by molar-refractivity contribution is 5.92. The normalized spacial score (nSPS) is 10.5. The molecule has 2 aromatic rings. The van der Waals surface area contributed by atoms with E-state index in [1.165, 1.54) is 6.08 Å². The fourth-order valence-corrected chi connectivity index (χ4v) is 1.69. The molecule has 0 bridgehead atoms. The molecule has 0 aliphatic heterocycles. The number of carbonyl (C=O) groups is 1. The zero-order chi connectivity index (χ0) is 15.6. The lowest BCUT2D eigenvalue weighted by Crippen LogP contribution is -2.31. The molecule has 0 unspecified atom stereocenters. The average Bonchev–Trinajstić information content (AvgIpc) is 2.58. The van der Waals surface area contributed by atoms with Gasteiger partial charge in [0.05, 0.1) is 5.69 Å². The van der Waals surface area contributed by atoms with Crippen molar-refractivity contribution in [3.63, 3.8) is 0 Å². The van der Waals surface area contributed by atoms with E-state index in [9.17, 15) is 9.59 Å². The van der Waals surface area contributed by atoms with E-state index in [0.29, 0.717) is 5.69 Å². The number of carbonyl (C=O) groups excluding carboxylic acids is 2. The zero-order valence-electron chi connectivity index (χ0n) is 11.9. The maximum atomic E-state index is 12.0. The maximum absolute atomic E-state index is 12.0. The molecule has 1 aromatic heterocycles. The minimum absolute atomic E-state index is 0.105. The van der Waals surface area contributed by atoms with Crippen molar-refractivity contribution in [1.29, 1.82) is 0 Å². The average molecular weight is 295 g/mol. The standard InChI is InChI=1S/C17H15N2O3/c20-13-12-19(22-14-16-8-4-5-11-18-16)17(21)10-9-15-6-2-1-3-7-15/h1-11H,12,14H2/b10-9+. The Kier molecular flexibility index (Phi) is 6.02. The van der Waals surface area contributed by atoms with E-state index in [0.717, 1.165) is 10.6 Å². The number of rotatable bonds is 7. The van der Waals surface area contributed by atoms with Gasteiger partial charge in [-0.05, 0) is 23.8 Å². The third-order valence-corrected chi connectivity index (χ3v) is 2.77. The Morgan fingerprint density at radius 1 is 1.18 bits per heavy atom. The second-order valence-electron chi connectivity index (χ2n) is 4.36. The molecule has 0 atom stereocenters. The van der Waals surface area contributed by atoms with Crippen LogP contribution in [0.4, 0.5) is 0 Å². The van der Waals surface area contributed by atoms with Crippen molar-refractivity contribution in [3.8, 4) is 0 Å². The fourth-order valence-electron chi connectivity index (χ4n) is 1.69. The van der Waals surface area contributed by atoms with Gasteiger partial charge in [0.15, 0.2) is 0 Å². The summed E-state index contributed by atoms with van der Waals surface area (Å²) in [5.41, 5.74) is 1.55. The van der Waals surface area contributed by atoms with E-state index in [2.05, 4.69) is 4.98 Å². The monoisotopic (exact) mass is 295 g/mol. The van der Waals surface area contributed by atoms with Gasteiger partial charge in [-0.1, -0.05) is 36.4 Å². The summed E-state index contributed by atoms with van der Waals surface area (Å²) in [4.78, 5) is 32.0. The van der Waals surface area contributed by atoms with Gasteiger partial charge < -0.3 is 0 Å². The second-order valence-corrected chi connectivity index (χ2v) is 4.36. The Labute approximate surface area is 128 Å². The Balaban J connectivity index is 1.96. The molecule has 22 heavy (non-hydrogen) atoms. The molecule has 0 fully saturated rings. The molecule has 0 N–H and O–H groups in total. The third kappa shape index (κ3) is 4.96. The van der Waals surface area contributed by atoms with Crippen LogP contribution in [-0.4, -0.2) is 28.8 Å². The largest absolute Gasteiger partial charge is 0.289 e. The van der Waals surface area contributed by atoms with E-state index in [4.69, 9.17) is 4.84 Å². The van der Waals surface area contributed by atoms with Gasteiger partial charge in [-0.2, -0.15) is 0 Å². The van der Waals surface area contributed by atoms with Crippen molar-refractivity contribution in [1.82, 2.24) is 10.0 Å². The number of amides is 1. The molecular formula is C17H15N2O3. The van der Waals surface area contributed by atoms with Gasteiger partial charge in [-0.25, -0.2) is 5.06 Å². The van der Waals surface area contributed by atoms with E-state index < -0.39 is 5.91 Å². The Morgan fingerprint density at radius 3 is 2.64 bits per heavy atom. The quantitative estimate of drug-likeness (QED) is 0.580. The first-order valence-corrected chi connectivity index (χ1v) is 6.72. The van der Waals surface area contributed by atoms with Crippen molar-refractivity contribution in [2.45, 2.75) is 6.61 Å². The highest BCUT2D eigenvalue weighted by Gasteiger charge is 2.11. The van der Waals surface area contributed by atoms with Gasteiger partial charge in [0.1, 0.15) is 13.2 Å². The fraction of sp³-hybridized carbons (Fsp3) is 0.118. The number of hydroxylamine groups is 2. The molecule has 0 aliphatic carbocycles. The number of aromatic nitrogens is 1. The van der Waals surface area contributed by atoms with Crippen LogP contribution in [0, 0.1) is 0 Å². The molecular weight excluding hydrogens is 280 g/mol. The summed E-state index contributed by atoms with van der Waals surface area (Å²) in [7, 11) is 0. The van der Waals surface area contributed by atoms with Crippen LogP contribution in [-0.2, 0) is 21.0 Å². The van der Waals surface area contributed by atoms with Crippen LogP contribution in [0.2, 0.25) is 0 Å². The molecule has 0 aliphatic rings. The lowest BCUT2D eigenvalue weighted by molar-refractivity contribution is -0.181. The van der Waals surface area contributed by atoms with Gasteiger partial charge in [0.2, 0.25) is 6.29 Å². The molecule has 1 radical (unpaired) electrons. The second kappa shape index (κ2) is 8.49. The number of hydrogen-bond acceptors (Lipinski definition) is 4. The van der Waals surface area contributed by atoms with Crippen LogP contribution >= 0.6 is 0 Å². The van der Waals surface area contributed by atoms with Crippen LogP contribution in [0.3, 0.4) is 0 Å². The van der Waals surface area contributed by atoms with Crippen LogP contribution in [0.25, 0.3) is 6.08 Å². The van der Waals surface area contributed by atoms with Crippen LogP contribution < -0.4 is 0 Å². The van der Waals surface area contributed by atoms with Crippen molar-refractivity contribution >= 4 is 18.3 Å². The van der Waals surface area contributed by atoms with Gasteiger partial charge in [0.25, 0.3) is 5.91 Å². The predicted molar refractivity (Wildman–Crippen MR) is 81.9 cm³/mol. The van der Waals surface area contributed by atoms with Crippen LogP contribution in [0.5, 0.6) is 0 Å². The zero-order valence-corrected chi connectivity index (χ0v) is 11.9. The molecule has 111 valence electrons. The first kappa shape index (κ1) is 15.6. The van der Waals surface area contributed by atoms with Crippen LogP contribution in [0.1, 0.15) is 11.3 Å². The Hall–Kier alpha value is -2.79.